The summed E-state index contributed by atoms with van der Waals surface area (Å²) in [7, 11) is -4.37. The minimum atomic E-state index is -4.37. The number of carbonyl (C=O) groups excluding carboxylic acids is 2. The van der Waals surface area contributed by atoms with Gasteiger partial charge in [-0.2, -0.15) is 0 Å². The number of aryl methyl sites for hydroxylation is 1. The standard InChI is InChI=1S/C30H35ClFN3O4S/c1-6-26(29(37)33-30(3,4)5)34(19-22-11-7-8-12-24(22)31)28(36)20-35(27-14-10-9-13-25(27)32)40(38,39)23-17-15-21(2)16-18-23/h7-18,26H,6,19-20H2,1-5H3,(H,33,37)/t26-/m1/s1. The Kier molecular flexibility index (Phi) is 9.97. The molecule has 2 amide bonds. The molecule has 1 atom stereocenters. The average Bonchev–Trinajstić information content (AvgIpc) is 2.88. The summed E-state index contributed by atoms with van der Waals surface area (Å²) in [6.07, 6.45) is 0.252. The summed E-state index contributed by atoms with van der Waals surface area (Å²) in [6, 6.07) is 17.4. The van der Waals surface area contributed by atoms with Gasteiger partial charge >= 0.3 is 0 Å². The van der Waals surface area contributed by atoms with Gasteiger partial charge in [-0.1, -0.05) is 66.6 Å². The topological polar surface area (TPSA) is 86.8 Å². The van der Waals surface area contributed by atoms with Crippen LogP contribution in [0.25, 0.3) is 0 Å². The third-order valence-electron chi connectivity index (χ3n) is 6.19. The highest BCUT2D eigenvalue weighted by Gasteiger charge is 2.35. The Morgan fingerprint density at radius 2 is 1.57 bits per heavy atom. The SMILES string of the molecule is CC[C@H](C(=O)NC(C)(C)C)N(Cc1ccccc1Cl)C(=O)CN(c1ccccc1F)S(=O)(=O)c1ccc(C)cc1. The third kappa shape index (κ3) is 7.61. The molecule has 10 heteroatoms. The number of anilines is 1. The van der Waals surface area contributed by atoms with Crippen LogP contribution in [0.5, 0.6) is 0 Å². The van der Waals surface area contributed by atoms with Crippen LogP contribution in [0.1, 0.15) is 45.2 Å². The molecule has 0 spiro atoms. The molecule has 0 fully saturated rings. The normalized spacial score (nSPS) is 12.5. The van der Waals surface area contributed by atoms with Crippen molar-refractivity contribution >= 4 is 39.1 Å². The summed E-state index contributed by atoms with van der Waals surface area (Å²) in [6.45, 7) is 8.26. The molecule has 0 aromatic heterocycles. The Hall–Kier alpha value is -3.43. The zero-order valence-electron chi connectivity index (χ0n) is 23.3. The van der Waals surface area contributed by atoms with Crippen LogP contribution in [-0.2, 0) is 26.2 Å². The Morgan fingerprint density at radius 1 is 0.975 bits per heavy atom. The van der Waals surface area contributed by atoms with Gasteiger partial charge in [0.1, 0.15) is 18.4 Å². The largest absolute Gasteiger partial charge is 0.350 e. The van der Waals surface area contributed by atoms with Crippen molar-refractivity contribution in [1.82, 2.24) is 10.2 Å². The van der Waals surface area contributed by atoms with Gasteiger partial charge in [0.25, 0.3) is 10.0 Å². The summed E-state index contributed by atoms with van der Waals surface area (Å²) in [5.41, 5.74) is 0.575. The number of hydrogen-bond acceptors (Lipinski definition) is 4. The quantitative estimate of drug-likeness (QED) is 0.329. The van der Waals surface area contributed by atoms with Crippen LogP contribution in [0.4, 0.5) is 10.1 Å². The number of benzene rings is 3. The van der Waals surface area contributed by atoms with Crippen molar-refractivity contribution in [2.45, 2.75) is 64.1 Å². The van der Waals surface area contributed by atoms with Gasteiger partial charge in [-0.15, -0.1) is 0 Å². The summed E-state index contributed by atoms with van der Waals surface area (Å²) in [4.78, 5) is 28.6. The number of nitrogens with zero attached hydrogens (tertiary/aromatic N) is 2. The lowest BCUT2D eigenvalue weighted by Gasteiger charge is -2.35. The molecular formula is C30H35ClFN3O4S. The lowest BCUT2D eigenvalue weighted by atomic mass is 10.1. The maximum Gasteiger partial charge on any atom is 0.264 e. The smallest absolute Gasteiger partial charge is 0.264 e. The second-order valence-corrected chi connectivity index (χ2v) is 12.8. The second kappa shape index (κ2) is 12.8. The summed E-state index contributed by atoms with van der Waals surface area (Å²) in [5.74, 6) is -1.88. The van der Waals surface area contributed by atoms with Crippen LogP contribution in [0.3, 0.4) is 0 Å². The highest BCUT2D eigenvalue weighted by Crippen LogP contribution is 2.28. The molecule has 0 unspecified atom stereocenters. The second-order valence-electron chi connectivity index (χ2n) is 10.6. The molecule has 0 radical (unpaired) electrons. The Morgan fingerprint density at radius 3 is 2.15 bits per heavy atom. The van der Waals surface area contributed by atoms with Crippen LogP contribution < -0.4 is 9.62 Å². The van der Waals surface area contributed by atoms with E-state index in [0.717, 1.165) is 15.9 Å². The minimum Gasteiger partial charge on any atom is -0.350 e. The summed E-state index contributed by atoms with van der Waals surface area (Å²) >= 11 is 6.40. The number of sulfonamides is 1. The van der Waals surface area contributed by atoms with E-state index in [2.05, 4.69) is 5.32 Å². The van der Waals surface area contributed by atoms with E-state index in [9.17, 15) is 18.0 Å². The van der Waals surface area contributed by atoms with Crippen molar-refractivity contribution in [3.05, 3.63) is 94.8 Å². The van der Waals surface area contributed by atoms with E-state index in [-0.39, 0.29) is 23.5 Å². The molecule has 1 N–H and O–H groups in total. The van der Waals surface area contributed by atoms with E-state index in [1.807, 2.05) is 27.7 Å². The van der Waals surface area contributed by atoms with Crippen LogP contribution in [0.2, 0.25) is 5.02 Å². The van der Waals surface area contributed by atoms with Crippen molar-refractivity contribution in [2.75, 3.05) is 10.8 Å². The number of carbonyl (C=O) groups is 2. The van der Waals surface area contributed by atoms with Gasteiger partial charge < -0.3 is 10.2 Å². The van der Waals surface area contributed by atoms with Crippen LogP contribution in [-0.4, -0.2) is 43.3 Å². The fourth-order valence-electron chi connectivity index (χ4n) is 4.19. The molecule has 3 aromatic rings. The Bertz CT molecular complexity index is 1460. The number of halogens is 2. The molecular weight excluding hydrogens is 553 g/mol. The van der Waals surface area contributed by atoms with E-state index < -0.39 is 45.8 Å². The van der Waals surface area contributed by atoms with Gasteiger partial charge in [-0.25, -0.2) is 12.8 Å². The van der Waals surface area contributed by atoms with Gasteiger partial charge in [0.15, 0.2) is 0 Å². The van der Waals surface area contributed by atoms with Crippen molar-refractivity contribution in [1.29, 1.82) is 0 Å². The molecule has 214 valence electrons. The molecule has 7 nitrogen and oxygen atoms in total. The van der Waals surface area contributed by atoms with Gasteiger partial charge in [-0.05, 0) is 70.0 Å². The van der Waals surface area contributed by atoms with Crippen LogP contribution in [0, 0.1) is 12.7 Å². The molecule has 3 rings (SSSR count). The van der Waals surface area contributed by atoms with Crippen molar-refractivity contribution in [3.63, 3.8) is 0 Å². The van der Waals surface area contributed by atoms with Crippen molar-refractivity contribution in [2.24, 2.45) is 0 Å². The predicted molar refractivity (Wildman–Crippen MR) is 156 cm³/mol. The fourth-order valence-corrected chi connectivity index (χ4v) is 5.80. The van der Waals surface area contributed by atoms with E-state index in [0.29, 0.717) is 10.6 Å². The lowest BCUT2D eigenvalue weighted by molar-refractivity contribution is -0.141. The van der Waals surface area contributed by atoms with Crippen molar-refractivity contribution < 1.29 is 22.4 Å². The molecule has 0 bridgehead atoms. The van der Waals surface area contributed by atoms with E-state index >= 15 is 4.39 Å². The number of hydrogen-bond donors (Lipinski definition) is 1. The average molecular weight is 588 g/mol. The van der Waals surface area contributed by atoms with E-state index in [1.165, 1.54) is 35.2 Å². The highest BCUT2D eigenvalue weighted by molar-refractivity contribution is 7.92. The Balaban J connectivity index is 2.10. The monoisotopic (exact) mass is 587 g/mol. The molecule has 3 aromatic carbocycles. The fraction of sp³-hybridized carbons (Fsp3) is 0.333. The first-order chi connectivity index (χ1) is 18.7. The molecule has 40 heavy (non-hydrogen) atoms. The predicted octanol–water partition coefficient (Wildman–Crippen LogP) is 5.70. The third-order valence-corrected chi connectivity index (χ3v) is 8.33. The molecule has 0 saturated carbocycles. The highest BCUT2D eigenvalue weighted by atomic mass is 35.5. The summed E-state index contributed by atoms with van der Waals surface area (Å²) < 4.78 is 43.4. The zero-order valence-corrected chi connectivity index (χ0v) is 24.9. The van der Waals surface area contributed by atoms with Gasteiger partial charge in [0.05, 0.1) is 10.6 Å². The number of rotatable bonds is 10. The van der Waals surface area contributed by atoms with Gasteiger partial charge in [-0.3, -0.25) is 13.9 Å². The zero-order chi connectivity index (χ0) is 29.7. The van der Waals surface area contributed by atoms with Crippen molar-refractivity contribution in [3.8, 4) is 0 Å². The first kappa shape index (κ1) is 31.1. The van der Waals surface area contributed by atoms with Gasteiger partial charge in [0.2, 0.25) is 11.8 Å². The van der Waals surface area contributed by atoms with E-state index in [4.69, 9.17) is 11.6 Å². The lowest BCUT2D eigenvalue weighted by Crippen LogP contribution is -2.55. The molecule has 0 heterocycles. The Labute approximate surface area is 241 Å². The minimum absolute atomic E-state index is 0.0513. The maximum absolute atomic E-state index is 15.0. The number of amides is 2. The first-order valence-electron chi connectivity index (χ1n) is 12.9. The van der Waals surface area contributed by atoms with Gasteiger partial charge in [0, 0.05) is 17.1 Å². The molecule has 0 aliphatic rings. The summed E-state index contributed by atoms with van der Waals surface area (Å²) in [5, 5.41) is 3.30. The van der Waals surface area contributed by atoms with Crippen LogP contribution >= 0.6 is 11.6 Å². The number of para-hydroxylation sites is 1. The van der Waals surface area contributed by atoms with E-state index in [1.54, 1.807) is 43.3 Å². The molecule has 0 aliphatic carbocycles. The first-order valence-corrected chi connectivity index (χ1v) is 14.7. The van der Waals surface area contributed by atoms with Crippen LogP contribution in [0.15, 0.2) is 77.7 Å². The molecule has 0 aliphatic heterocycles. The number of nitrogens with one attached hydrogen (secondary N) is 1. The molecule has 0 saturated heterocycles. The maximum atomic E-state index is 15.0.